The topological polar surface area (TPSA) is 50.8 Å². The number of aromatic nitrogens is 2. The Labute approximate surface area is 76.5 Å². The minimum atomic E-state index is 0. The van der Waals surface area contributed by atoms with Crippen molar-refractivity contribution in [3.8, 4) is 0 Å². The maximum absolute atomic E-state index is 6.25. The van der Waals surface area contributed by atoms with E-state index in [0.29, 0.717) is 0 Å². The van der Waals surface area contributed by atoms with Crippen LogP contribution in [0.2, 0.25) is 0 Å². The summed E-state index contributed by atoms with van der Waals surface area (Å²) in [4.78, 5) is 7.22. The second-order valence-corrected chi connectivity index (χ2v) is 0.712. The van der Waals surface area contributed by atoms with Gasteiger partial charge in [0.25, 0.3) is 0 Å². The Bertz CT molecular complexity index is 99.4. The van der Waals surface area contributed by atoms with Crippen molar-refractivity contribution in [2.75, 3.05) is 0 Å². The summed E-state index contributed by atoms with van der Waals surface area (Å²) >= 11 is 0. The van der Waals surface area contributed by atoms with Crippen LogP contribution >= 0.6 is 0 Å². The molecule has 0 unspecified atom stereocenters. The van der Waals surface area contributed by atoms with Gasteiger partial charge in [-0.25, -0.2) is 0 Å². The maximum atomic E-state index is 6.25. The third kappa shape index (κ3) is 11.4. The number of rotatable bonds is 0. The number of hydrogen-bond acceptors (Lipinski definition) is 2. The van der Waals surface area contributed by atoms with Crippen LogP contribution in [0.4, 0.5) is 0 Å². The molecule has 9 heavy (non-hydrogen) atoms. The SMILES string of the molecule is [C-]#N.[Cu+].[Li+].c1c[n-]cn1. The minimum absolute atomic E-state index is 0. The minimum Gasteiger partial charge on any atom is -0.512 e. The van der Waals surface area contributed by atoms with Crippen molar-refractivity contribution in [2.45, 2.75) is 0 Å². The Morgan fingerprint density at radius 3 is 2.11 bits per heavy atom. The zero-order chi connectivity index (χ0) is 5.54. The Balaban J connectivity index is -0.0000000836. The van der Waals surface area contributed by atoms with Gasteiger partial charge in [-0.15, -0.1) is 0 Å². The molecule has 0 aliphatic carbocycles. The fourth-order valence-corrected chi connectivity index (χ4v) is 0.192. The van der Waals surface area contributed by atoms with Crippen molar-refractivity contribution in [2.24, 2.45) is 0 Å². The van der Waals surface area contributed by atoms with E-state index in [4.69, 9.17) is 11.8 Å². The van der Waals surface area contributed by atoms with E-state index < -0.39 is 0 Å². The Morgan fingerprint density at radius 1 is 1.44 bits per heavy atom. The van der Waals surface area contributed by atoms with Gasteiger partial charge in [0.05, 0.1) is 0 Å². The summed E-state index contributed by atoms with van der Waals surface area (Å²) in [6.45, 7) is 4.75. The van der Waals surface area contributed by atoms with E-state index in [-0.39, 0.29) is 35.9 Å². The molecule has 0 N–H and O–H groups in total. The Morgan fingerprint density at radius 2 is 2.00 bits per heavy atom. The summed E-state index contributed by atoms with van der Waals surface area (Å²) in [7, 11) is 0. The molecule has 1 rings (SSSR count). The standard InChI is InChI=1S/C3H3N2.CN.Cu.Li/c1-2-5-3-4-1;1-2;;/h1-3H;;;/q2*-1;2*+1. The predicted molar refractivity (Wildman–Crippen MR) is 22.5 cm³/mol. The van der Waals surface area contributed by atoms with E-state index in [2.05, 4.69) is 9.97 Å². The van der Waals surface area contributed by atoms with Gasteiger partial charge >= 0.3 is 35.9 Å². The molecular formula is C4H3CuLiN3. The summed E-state index contributed by atoms with van der Waals surface area (Å²) < 4.78 is 0. The smallest absolute Gasteiger partial charge is 0.512 e. The van der Waals surface area contributed by atoms with Crippen LogP contribution in [0, 0.1) is 11.8 Å². The fourth-order valence-electron chi connectivity index (χ4n) is 0.192. The normalized spacial score (nSPS) is 4.67. The predicted octanol–water partition coefficient (Wildman–Crippen LogP) is -2.86. The third-order valence-corrected chi connectivity index (χ3v) is 0.372. The Kier molecular flexibility index (Phi) is 27.7. The average Bonchev–Trinajstić information content (AvgIpc) is 2.23. The van der Waals surface area contributed by atoms with Gasteiger partial charge in [0.1, 0.15) is 0 Å². The first-order chi connectivity index (χ1) is 3.50. The van der Waals surface area contributed by atoms with Crippen molar-refractivity contribution >= 4 is 0 Å². The molecule has 0 spiro atoms. The first-order valence-electron chi connectivity index (χ1n) is 1.59. The second-order valence-electron chi connectivity index (χ2n) is 0.712. The molecular weight excluding hydrogens is 161 g/mol. The summed E-state index contributed by atoms with van der Waals surface area (Å²) in [5.41, 5.74) is 0. The molecule has 0 saturated carbocycles. The summed E-state index contributed by atoms with van der Waals surface area (Å²) in [5.74, 6) is 0. The van der Waals surface area contributed by atoms with Gasteiger partial charge in [-0.3, -0.25) is 0 Å². The van der Waals surface area contributed by atoms with Gasteiger partial charge in [0, 0.05) is 0 Å². The van der Waals surface area contributed by atoms with Gasteiger partial charge in [-0.1, -0.05) is 18.7 Å². The molecule has 0 amide bonds. The molecule has 0 aliphatic heterocycles. The molecule has 0 saturated heterocycles. The van der Waals surface area contributed by atoms with Crippen LogP contribution in [-0.2, 0) is 17.1 Å². The molecule has 0 bridgehead atoms. The van der Waals surface area contributed by atoms with E-state index in [1.54, 1.807) is 12.4 Å². The quantitative estimate of drug-likeness (QED) is 0.305. The van der Waals surface area contributed by atoms with E-state index in [0.717, 1.165) is 0 Å². The number of imidazole rings is 1. The molecule has 0 aliphatic rings. The molecule has 0 atom stereocenters. The molecule has 0 radical (unpaired) electrons. The van der Waals surface area contributed by atoms with Crippen LogP contribution in [0.15, 0.2) is 18.7 Å². The Hall–Kier alpha value is -0.183. The third-order valence-electron chi connectivity index (χ3n) is 0.372. The van der Waals surface area contributed by atoms with Crippen LogP contribution < -0.4 is 23.8 Å². The molecule has 1 aromatic rings. The van der Waals surface area contributed by atoms with Crippen molar-refractivity contribution in [1.82, 2.24) is 9.97 Å². The molecule has 46 valence electrons. The molecule has 1 aromatic heterocycles. The van der Waals surface area contributed by atoms with E-state index >= 15 is 0 Å². The molecule has 5 heteroatoms. The van der Waals surface area contributed by atoms with Gasteiger partial charge in [-0.05, 0) is 0 Å². The molecule has 0 fully saturated rings. The van der Waals surface area contributed by atoms with Gasteiger partial charge in [-0.2, -0.15) is 0 Å². The van der Waals surface area contributed by atoms with E-state index in [1.165, 1.54) is 6.33 Å². The fraction of sp³-hybridized carbons (Fsp3) is 0. The van der Waals surface area contributed by atoms with Crippen molar-refractivity contribution in [1.29, 1.82) is 5.26 Å². The second kappa shape index (κ2) is 15.7. The van der Waals surface area contributed by atoms with Crippen molar-refractivity contribution in [3.63, 3.8) is 0 Å². The summed E-state index contributed by atoms with van der Waals surface area (Å²) in [6, 6.07) is 0. The van der Waals surface area contributed by atoms with Gasteiger partial charge in [0.2, 0.25) is 0 Å². The summed E-state index contributed by atoms with van der Waals surface area (Å²) in [5, 5.41) is 6.25. The van der Waals surface area contributed by atoms with Crippen LogP contribution in [0.1, 0.15) is 0 Å². The van der Waals surface area contributed by atoms with Gasteiger partial charge < -0.3 is 21.8 Å². The molecule has 3 nitrogen and oxygen atoms in total. The van der Waals surface area contributed by atoms with Crippen LogP contribution in [0.25, 0.3) is 0 Å². The number of nitrogens with zero attached hydrogens (tertiary/aromatic N) is 3. The monoisotopic (exact) mass is 163 g/mol. The zero-order valence-electron chi connectivity index (χ0n) is 4.88. The zero-order valence-corrected chi connectivity index (χ0v) is 5.82. The largest absolute Gasteiger partial charge is 1.00 e. The maximum Gasteiger partial charge on any atom is 1.00 e. The van der Waals surface area contributed by atoms with Gasteiger partial charge in [0.15, 0.2) is 0 Å². The van der Waals surface area contributed by atoms with E-state index in [1.807, 2.05) is 0 Å². The summed E-state index contributed by atoms with van der Waals surface area (Å²) in [6.07, 6.45) is 4.78. The first-order valence-corrected chi connectivity index (χ1v) is 1.59. The van der Waals surface area contributed by atoms with Crippen LogP contribution in [0.5, 0.6) is 0 Å². The van der Waals surface area contributed by atoms with Crippen molar-refractivity contribution in [3.05, 3.63) is 25.3 Å². The first kappa shape index (κ1) is 15.9. The van der Waals surface area contributed by atoms with Crippen LogP contribution in [0.3, 0.4) is 0 Å². The number of hydrogen-bond donors (Lipinski definition) is 0. The van der Waals surface area contributed by atoms with Crippen LogP contribution in [-0.4, -0.2) is 4.98 Å². The van der Waals surface area contributed by atoms with E-state index in [9.17, 15) is 0 Å². The molecule has 0 aromatic carbocycles. The van der Waals surface area contributed by atoms with Crippen molar-refractivity contribution < 1.29 is 35.9 Å². The average molecular weight is 164 g/mol. The molecule has 1 heterocycles.